The Bertz CT molecular complexity index is 1040. The Kier molecular flexibility index (Phi) is 7.09. The van der Waals surface area contributed by atoms with Gasteiger partial charge in [0.1, 0.15) is 0 Å². The van der Waals surface area contributed by atoms with Crippen LogP contribution in [-0.4, -0.2) is 45.3 Å². The Labute approximate surface area is 170 Å². The number of anilines is 1. The van der Waals surface area contributed by atoms with Gasteiger partial charge in [0.2, 0.25) is 21.8 Å². The van der Waals surface area contributed by atoms with E-state index in [1.807, 2.05) is 38.1 Å². The van der Waals surface area contributed by atoms with Crippen molar-refractivity contribution in [3.8, 4) is 6.07 Å². The van der Waals surface area contributed by atoms with Crippen LogP contribution < -0.4 is 10.0 Å². The van der Waals surface area contributed by atoms with Crippen molar-refractivity contribution in [1.29, 1.82) is 5.26 Å². The number of benzene rings is 2. The number of hydrogen-bond acceptors (Lipinski definition) is 5. The first-order valence-corrected chi connectivity index (χ1v) is 10.2. The molecule has 0 bridgehead atoms. The topological polar surface area (TPSA) is 119 Å². The first kappa shape index (κ1) is 22.1. The average Bonchev–Trinajstić information content (AvgIpc) is 2.69. The Morgan fingerprint density at radius 2 is 1.66 bits per heavy atom. The second-order valence-electron chi connectivity index (χ2n) is 6.53. The summed E-state index contributed by atoms with van der Waals surface area (Å²) in [6, 6.07) is 12.8. The molecule has 0 spiro atoms. The summed E-state index contributed by atoms with van der Waals surface area (Å²) in [5.74, 6) is -0.938. The van der Waals surface area contributed by atoms with Crippen molar-refractivity contribution in [3.05, 3.63) is 59.2 Å². The lowest BCUT2D eigenvalue weighted by molar-refractivity contribution is -0.132. The highest BCUT2D eigenvalue weighted by Gasteiger charge is 2.19. The molecule has 9 heteroatoms. The van der Waals surface area contributed by atoms with Gasteiger partial charge in [-0.05, 0) is 49.2 Å². The van der Waals surface area contributed by atoms with E-state index in [-0.39, 0.29) is 17.3 Å². The standard InChI is InChI=1S/C20H22N4O4S/c1-14-5-4-6-15(2)20(14)23-18(25)13-24(3)19(26)12-22-29(27,28)17-9-7-16(11-21)8-10-17/h4-10,22H,12-13H2,1-3H3,(H,23,25). The lowest BCUT2D eigenvalue weighted by Gasteiger charge is -2.18. The molecule has 0 saturated carbocycles. The summed E-state index contributed by atoms with van der Waals surface area (Å²) in [7, 11) is -2.49. The number of nitrogens with one attached hydrogen (secondary N) is 2. The van der Waals surface area contributed by atoms with E-state index in [4.69, 9.17) is 5.26 Å². The zero-order valence-corrected chi connectivity index (χ0v) is 17.2. The van der Waals surface area contributed by atoms with Crippen molar-refractivity contribution >= 4 is 27.5 Å². The Morgan fingerprint density at radius 3 is 2.21 bits per heavy atom. The molecular weight excluding hydrogens is 392 g/mol. The maximum absolute atomic E-state index is 12.3. The number of sulfonamides is 1. The molecule has 0 unspecified atom stereocenters. The Balaban J connectivity index is 1.93. The molecule has 2 aromatic carbocycles. The molecule has 0 radical (unpaired) electrons. The van der Waals surface area contributed by atoms with Crippen LogP contribution in [0.25, 0.3) is 0 Å². The van der Waals surface area contributed by atoms with Crippen molar-refractivity contribution in [2.24, 2.45) is 0 Å². The third kappa shape index (κ3) is 5.88. The minimum absolute atomic E-state index is 0.0558. The van der Waals surface area contributed by atoms with Gasteiger partial charge in [0, 0.05) is 12.7 Å². The van der Waals surface area contributed by atoms with Gasteiger partial charge in [0.15, 0.2) is 0 Å². The van der Waals surface area contributed by atoms with Crippen LogP contribution in [0.1, 0.15) is 16.7 Å². The van der Waals surface area contributed by atoms with Gasteiger partial charge in [-0.3, -0.25) is 9.59 Å². The van der Waals surface area contributed by atoms with E-state index in [2.05, 4.69) is 10.0 Å². The molecular formula is C20H22N4O4S. The van der Waals surface area contributed by atoms with Crippen molar-refractivity contribution < 1.29 is 18.0 Å². The molecule has 0 heterocycles. The molecule has 0 saturated heterocycles. The minimum Gasteiger partial charge on any atom is -0.335 e. The second kappa shape index (κ2) is 9.32. The van der Waals surface area contributed by atoms with Crippen molar-refractivity contribution in [3.63, 3.8) is 0 Å². The van der Waals surface area contributed by atoms with Crippen LogP contribution in [-0.2, 0) is 19.6 Å². The monoisotopic (exact) mass is 414 g/mol. The van der Waals surface area contributed by atoms with Gasteiger partial charge in [-0.1, -0.05) is 18.2 Å². The number of rotatable bonds is 7. The summed E-state index contributed by atoms with van der Waals surface area (Å²) in [5, 5.41) is 11.5. The molecule has 0 atom stereocenters. The first-order valence-electron chi connectivity index (χ1n) is 8.74. The third-order valence-electron chi connectivity index (χ3n) is 4.26. The lowest BCUT2D eigenvalue weighted by Crippen LogP contribution is -2.41. The van der Waals surface area contributed by atoms with E-state index in [0.29, 0.717) is 11.3 Å². The molecule has 2 rings (SSSR count). The van der Waals surface area contributed by atoms with Gasteiger partial charge in [-0.2, -0.15) is 5.26 Å². The summed E-state index contributed by atoms with van der Waals surface area (Å²) < 4.78 is 26.7. The largest absolute Gasteiger partial charge is 0.335 e. The molecule has 0 aromatic heterocycles. The normalized spacial score (nSPS) is 10.8. The molecule has 0 aliphatic rings. The van der Waals surface area contributed by atoms with Crippen LogP contribution >= 0.6 is 0 Å². The van der Waals surface area contributed by atoms with Crippen LogP contribution in [0.5, 0.6) is 0 Å². The number of nitriles is 1. The van der Waals surface area contributed by atoms with Gasteiger partial charge in [0.05, 0.1) is 29.6 Å². The summed E-state index contributed by atoms with van der Waals surface area (Å²) in [6.07, 6.45) is 0. The number of hydrogen-bond donors (Lipinski definition) is 2. The van der Waals surface area contributed by atoms with E-state index < -0.39 is 22.5 Å². The zero-order chi connectivity index (χ0) is 21.6. The molecule has 152 valence electrons. The van der Waals surface area contributed by atoms with Gasteiger partial charge in [0.25, 0.3) is 0 Å². The number of para-hydroxylation sites is 1. The van der Waals surface area contributed by atoms with E-state index in [1.54, 1.807) is 0 Å². The molecule has 0 aliphatic heterocycles. The fraction of sp³-hybridized carbons (Fsp3) is 0.250. The molecule has 2 N–H and O–H groups in total. The van der Waals surface area contributed by atoms with E-state index >= 15 is 0 Å². The lowest BCUT2D eigenvalue weighted by atomic mass is 10.1. The summed E-state index contributed by atoms with van der Waals surface area (Å²) in [5.41, 5.74) is 2.83. The molecule has 2 amide bonds. The van der Waals surface area contributed by atoms with E-state index in [9.17, 15) is 18.0 Å². The maximum atomic E-state index is 12.3. The molecule has 0 aliphatic carbocycles. The Hall–Kier alpha value is -3.22. The zero-order valence-electron chi connectivity index (χ0n) is 16.4. The quantitative estimate of drug-likeness (QED) is 0.712. The number of likely N-dealkylation sites (N-methyl/N-ethyl adjacent to an activating group) is 1. The highest BCUT2D eigenvalue weighted by Crippen LogP contribution is 2.19. The molecule has 2 aromatic rings. The van der Waals surface area contributed by atoms with Crippen LogP contribution in [0.2, 0.25) is 0 Å². The Morgan fingerprint density at radius 1 is 1.07 bits per heavy atom. The van der Waals surface area contributed by atoms with Crippen molar-refractivity contribution in [2.75, 3.05) is 25.5 Å². The van der Waals surface area contributed by atoms with Gasteiger partial charge < -0.3 is 10.2 Å². The van der Waals surface area contributed by atoms with Crippen LogP contribution in [0.3, 0.4) is 0 Å². The molecule has 8 nitrogen and oxygen atoms in total. The number of nitrogens with zero attached hydrogens (tertiary/aromatic N) is 2. The summed E-state index contributed by atoms with van der Waals surface area (Å²) in [6.45, 7) is 3.03. The summed E-state index contributed by atoms with van der Waals surface area (Å²) >= 11 is 0. The highest BCUT2D eigenvalue weighted by molar-refractivity contribution is 7.89. The predicted octanol–water partition coefficient (Wildman–Crippen LogP) is 1.55. The van der Waals surface area contributed by atoms with Gasteiger partial charge in [-0.25, -0.2) is 13.1 Å². The fourth-order valence-corrected chi connectivity index (χ4v) is 3.55. The minimum atomic E-state index is -3.91. The van der Waals surface area contributed by atoms with Crippen molar-refractivity contribution in [2.45, 2.75) is 18.7 Å². The molecule has 29 heavy (non-hydrogen) atoms. The first-order chi connectivity index (χ1) is 13.6. The third-order valence-corrected chi connectivity index (χ3v) is 5.68. The predicted molar refractivity (Wildman–Crippen MR) is 109 cm³/mol. The van der Waals surface area contributed by atoms with Gasteiger partial charge >= 0.3 is 0 Å². The second-order valence-corrected chi connectivity index (χ2v) is 8.29. The highest BCUT2D eigenvalue weighted by atomic mass is 32.2. The average molecular weight is 414 g/mol. The SMILES string of the molecule is Cc1cccc(C)c1NC(=O)CN(C)C(=O)CNS(=O)(=O)c1ccc(C#N)cc1. The number of carbonyl (C=O) groups is 2. The summed E-state index contributed by atoms with van der Waals surface area (Å²) in [4.78, 5) is 25.6. The van der Waals surface area contributed by atoms with Crippen LogP contribution in [0.4, 0.5) is 5.69 Å². The van der Waals surface area contributed by atoms with Crippen LogP contribution in [0, 0.1) is 25.2 Å². The van der Waals surface area contributed by atoms with E-state index in [0.717, 1.165) is 16.0 Å². The van der Waals surface area contributed by atoms with E-state index in [1.165, 1.54) is 31.3 Å². The fourth-order valence-electron chi connectivity index (χ4n) is 2.58. The number of carbonyl (C=O) groups excluding carboxylic acids is 2. The maximum Gasteiger partial charge on any atom is 0.243 e. The van der Waals surface area contributed by atoms with Crippen LogP contribution in [0.15, 0.2) is 47.4 Å². The molecule has 0 fully saturated rings. The van der Waals surface area contributed by atoms with Crippen molar-refractivity contribution in [1.82, 2.24) is 9.62 Å². The number of amides is 2. The van der Waals surface area contributed by atoms with Gasteiger partial charge in [-0.15, -0.1) is 0 Å². The smallest absolute Gasteiger partial charge is 0.243 e. The number of aryl methyl sites for hydroxylation is 2.